The molecule has 0 saturated carbocycles. The summed E-state index contributed by atoms with van der Waals surface area (Å²) >= 11 is 1.95. The first kappa shape index (κ1) is 13.5. The quantitative estimate of drug-likeness (QED) is 0.847. The molecule has 1 aromatic heterocycles. The molecule has 1 saturated heterocycles. The lowest BCUT2D eigenvalue weighted by molar-refractivity contribution is 0.616. The Morgan fingerprint density at radius 3 is 3.15 bits per heavy atom. The van der Waals surface area contributed by atoms with Gasteiger partial charge in [-0.1, -0.05) is 0 Å². The zero-order valence-electron chi connectivity index (χ0n) is 11.4. The number of thioether (sulfide) groups is 1. The number of pyridine rings is 1. The van der Waals surface area contributed by atoms with Gasteiger partial charge in [0.1, 0.15) is 0 Å². The molecule has 1 atom stereocenters. The van der Waals surface area contributed by atoms with Crippen molar-refractivity contribution in [3.63, 3.8) is 0 Å². The van der Waals surface area contributed by atoms with Crippen molar-refractivity contribution in [3.8, 4) is 0 Å². The number of hydrogen-bond donors (Lipinski definition) is 2. The van der Waals surface area contributed by atoms with Crippen molar-refractivity contribution >= 4 is 34.0 Å². The summed E-state index contributed by atoms with van der Waals surface area (Å²) in [5.41, 5.74) is 7.36. The van der Waals surface area contributed by atoms with E-state index in [0.29, 0.717) is 16.9 Å². The van der Waals surface area contributed by atoms with Gasteiger partial charge >= 0.3 is 0 Å². The molecule has 106 valence electrons. The van der Waals surface area contributed by atoms with Crippen LogP contribution in [0.3, 0.4) is 0 Å². The van der Waals surface area contributed by atoms with Gasteiger partial charge < -0.3 is 11.1 Å². The van der Waals surface area contributed by atoms with Gasteiger partial charge in [-0.05, 0) is 43.7 Å². The third kappa shape index (κ3) is 2.42. The number of halogens is 1. The molecule has 20 heavy (non-hydrogen) atoms. The fourth-order valence-corrected chi connectivity index (χ4v) is 3.90. The molecule has 0 aliphatic carbocycles. The van der Waals surface area contributed by atoms with Crippen LogP contribution in [0.15, 0.2) is 24.4 Å². The summed E-state index contributed by atoms with van der Waals surface area (Å²) in [6.07, 6.45) is 4.05. The number of anilines is 2. The largest absolute Gasteiger partial charge is 0.398 e. The number of rotatable bonds is 3. The zero-order chi connectivity index (χ0) is 14.2. The van der Waals surface area contributed by atoms with E-state index in [4.69, 9.17) is 5.73 Å². The van der Waals surface area contributed by atoms with Crippen LogP contribution in [-0.4, -0.2) is 22.0 Å². The molecule has 0 radical (unpaired) electrons. The maximum atomic E-state index is 14.2. The number of nitrogen functional groups attached to an aromatic ring is 1. The second-order valence-corrected chi connectivity index (χ2v) is 7.16. The molecule has 1 aliphatic heterocycles. The van der Waals surface area contributed by atoms with Crippen molar-refractivity contribution in [3.05, 3.63) is 30.2 Å². The number of aromatic nitrogens is 1. The predicted molar refractivity (Wildman–Crippen MR) is 84.7 cm³/mol. The summed E-state index contributed by atoms with van der Waals surface area (Å²) in [6, 6.07) is 5.05. The van der Waals surface area contributed by atoms with Gasteiger partial charge in [-0.3, -0.25) is 4.98 Å². The zero-order valence-corrected chi connectivity index (χ0v) is 12.3. The summed E-state index contributed by atoms with van der Waals surface area (Å²) in [4.78, 5) is 4.28. The highest BCUT2D eigenvalue weighted by atomic mass is 32.2. The SMILES string of the molecule is CC1(CNc2c(F)cc(N)c3cccnc23)CCCS1. The van der Waals surface area contributed by atoms with E-state index in [1.165, 1.54) is 18.2 Å². The van der Waals surface area contributed by atoms with Crippen molar-refractivity contribution in [2.24, 2.45) is 0 Å². The number of nitrogens with zero attached hydrogens (tertiary/aromatic N) is 1. The number of fused-ring (bicyclic) bond motifs is 1. The first-order valence-corrected chi connectivity index (χ1v) is 7.78. The Bertz CT molecular complexity index is 638. The Kier molecular flexibility index (Phi) is 3.46. The summed E-state index contributed by atoms with van der Waals surface area (Å²) in [6.45, 7) is 2.96. The highest BCUT2D eigenvalue weighted by molar-refractivity contribution is 8.00. The molecule has 0 amide bonds. The average molecular weight is 291 g/mol. The Morgan fingerprint density at radius 1 is 1.55 bits per heavy atom. The van der Waals surface area contributed by atoms with Crippen LogP contribution in [0.4, 0.5) is 15.8 Å². The first-order chi connectivity index (χ1) is 9.59. The summed E-state index contributed by atoms with van der Waals surface area (Å²) in [5, 5.41) is 4.04. The van der Waals surface area contributed by atoms with Gasteiger partial charge in [0.15, 0.2) is 5.82 Å². The van der Waals surface area contributed by atoms with Gasteiger partial charge in [-0.2, -0.15) is 11.8 Å². The molecular weight excluding hydrogens is 273 g/mol. The molecule has 0 bridgehead atoms. The topological polar surface area (TPSA) is 50.9 Å². The second-order valence-electron chi connectivity index (χ2n) is 5.48. The number of nitrogens with two attached hydrogens (primary N) is 1. The lowest BCUT2D eigenvalue weighted by atomic mass is 10.1. The minimum Gasteiger partial charge on any atom is -0.398 e. The van der Waals surface area contributed by atoms with Crippen molar-refractivity contribution in [1.29, 1.82) is 0 Å². The third-order valence-corrected chi connectivity index (χ3v) is 5.35. The van der Waals surface area contributed by atoms with Crippen LogP contribution >= 0.6 is 11.8 Å². The van der Waals surface area contributed by atoms with Crippen molar-refractivity contribution in [1.82, 2.24) is 4.98 Å². The van der Waals surface area contributed by atoms with Crippen LogP contribution in [0.5, 0.6) is 0 Å². The van der Waals surface area contributed by atoms with Crippen LogP contribution in [-0.2, 0) is 0 Å². The maximum absolute atomic E-state index is 14.2. The fourth-order valence-electron chi connectivity index (χ4n) is 2.66. The number of nitrogens with one attached hydrogen (secondary N) is 1. The number of benzene rings is 1. The molecule has 1 aromatic carbocycles. The van der Waals surface area contributed by atoms with Crippen LogP contribution in [0.2, 0.25) is 0 Å². The Hall–Kier alpha value is -1.49. The Labute approximate surface area is 122 Å². The van der Waals surface area contributed by atoms with E-state index in [0.717, 1.165) is 18.4 Å². The minimum absolute atomic E-state index is 0.176. The van der Waals surface area contributed by atoms with Gasteiger partial charge in [0, 0.05) is 28.6 Å². The van der Waals surface area contributed by atoms with Gasteiger partial charge in [0.2, 0.25) is 0 Å². The monoisotopic (exact) mass is 291 g/mol. The van der Waals surface area contributed by atoms with E-state index in [-0.39, 0.29) is 10.6 Å². The van der Waals surface area contributed by atoms with E-state index >= 15 is 0 Å². The molecule has 3 rings (SSSR count). The molecule has 1 aliphatic rings. The predicted octanol–water partition coefficient (Wildman–Crippen LogP) is 3.65. The fraction of sp³-hybridized carbons (Fsp3) is 0.400. The summed E-state index contributed by atoms with van der Waals surface area (Å²) in [7, 11) is 0. The molecule has 3 N–H and O–H groups in total. The van der Waals surface area contributed by atoms with E-state index in [1.807, 2.05) is 23.9 Å². The second kappa shape index (κ2) is 5.13. The van der Waals surface area contributed by atoms with Crippen molar-refractivity contribution < 1.29 is 4.39 Å². The molecule has 2 aromatic rings. The first-order valence-electron chi connectivity index (χ1n) is 6.80. The van der Waals surface area contributed by atoms with Gasteiger partial charge in [-0.25, -0.2) is 4.39 Å². The highest BCUT2D eigenvalue weighted by Crippen LogP contribution is 2.38. The number of hydrogen-bond acceptors (Lipinski definition) is 4. The normalized spacial score (nSPS) is 22.3. The lowest BCUT2D eigenvalue weighted by Crippen LogP contribution is -2.27. The maximum Gasteiger partial charge on any atom is 0.150 e. The van der Waals surface area contributed by atoms with Gasteiger partial charge in [-0.15, -0.1) is 0 Å². The standard InChI is InChI=1S/C15H18FN3S/c1-15(5-3-7-20-15)9-19-14-11(16)8-12(17)10-4-2-6-18-13(10)14/h2,4,6,8,19H,3,5,7,9,17H2,1H3. The minimum atomic E-state index is -0.333. The van der Waals surface area contributed by atoms with Crippen LogP contribution in [0, 0.1) is 5.82 Å². The third-order valence-electron chi connectivity index (χ3n) is 3.82. The van der Waals surface area contributed by atoms with Crippen molar-refractivity contribution in [2.45, 2.75) is 24.5 Å². The molecule has 0 spiro atoms. The van der Waals surface area contributed by atoms with E-state index in [9.17, 15) is 4.39 Å². The van der Waals surface area contributed by atoms with Crippen LogP contribution in [0.1, 0.15) is 19.8 Å². The van der Waals surface area contributed by atoms with Gasteiger partial charge in [0.05, 0.1) is 11.2 Å². The van der Waals surface area contributed by atoms with E-state index in [1.54, 1.807) is 6.20 Å². The smallest absolute Gasteiger partial charge is 0.150 e. The summed E-state index contributed by atoms with van der Waals surface area (Å²) in [5.74, 6) is 0.849. The van der Waals surface area contributed by atoms with E-state index in [2.05, 4.69) is 17.2 Å². The van der Waals surface area contributed by atoms with Crippen LogP contribution in [0.25, 0.3) is 10.9 Å². The van der Waals surface area contributed by atoms with Crippen molar-refractivity contribution in [2.75, 3.05) is 23.3 Å². The Morgan fingerprint density at radius 2 is 2.40 bits per heavy atom. The highest BCUT2D eigenvalue weighted by Gasteiger charge is 2.29. The molecule has 1 fully saturated rings. The molecule has 5 heteroatoms. The summed E-state index contributed by atoms with van der Waals surface area (Å²) < 4.78 is 14.4. The van der Waals surface area contributed by atoms with E-state index < -0.39 is 0 Å². The molecule has 3 nitrogen and oxygen atoms in total. The average Bonchev–Trinajstić information content (AvgIpc) is 2.86. The Balaban J connectivity index is 1.94. The van der Waals surface area contributed by atoms with Gasteiger partial charge in [0.25, 0.3) is 0 Å². The molecular formula is C15H18FN3S. The lowest BCUT2D eigenvalue weighted by Gasteiger charge is -2.24. The van der Waals surface area contributed by atoms with Crippen LogP contribution < -0.4 is 11.1 Å². The molecule has 1 unspecified atom stereocenters. The molecule has 2 heterocycles.